The molecule has 0 unspecified atom stereocenters. The first-order valence-corrected chi connectivity index (χ1v) is 10.7. The standard InChI is InChI=1S/C24H25F3N6O3/c1-5-20(34)30-19-10-14(2)6-7-17(19)31-22-16(24(25,26)27)13-29-23(33-22)32-18-11-21(28-12-15(18)3)36-9-8-35-4/h5-7,10-13H,1,8-9H2,2-4H3,(H,30,34)(H2,28,29,31,32,33). The maximum absolute atomic E-state index is 13.7. The van der Waals surface area contributed by atoms with Crippen molar-refractivity contribution in [3.8, 4) is 5.88 Å². The first-order valence-electron chi connectivity index (χ1n) is 10.7. The van der Waals surface area contributed by atoms with Gasteiger partial charge in [-0.05, 0) is 43.2 Å². The number of benzene rings is 1. The molecule has 1 aromatic carbocycles. The van der Waals surface area contributed by atoms with Crippen LogP contribution in [0, 0.1) is 13.8 Å². The normalized spacial score (nSPS) is 11.1. The second-order valence-electron chi connectivity index (χ2n) is 7.62. The average molecular weight is 502 g/mol. The summed E-state index contributed by atoms with van der Waals surface area (Å²) < 4.78 is 51.7. The molecule has 3 aromatic rings. The summed E-state index contributed by atoms with van der Waals surface area (Å²) in [5.74, 6) is -0.804. The Labute approximate surface area is 205 Å². The number of ether oxygens (including phenoxy) is 2. The minimum atomic E-state index is -4.73. The topological polar surface area (TPSA) is 110 Å². The number of methoxy groups -OCH3 is 1. The summed E-state index contributed by atoms with van der Waals surface area (Å²) in [5.41, 5.74) is 1.38. The summed E-state index contributed by atoms with van der Waals surface area (Å²) in [4.78, 5) is 23.9. The molecule has 9 nitrogen and oxygen atoms in total. The van der Waals surface area contributed by atoms with E-state index in [-0.39, 0.29) is 23.9 Å². The minimum absolute atomic E-state index is 0.0913. The number of hydrogen-bond acceptors (Lipinski definition) is 8. The number of nitrogens with one attached hydrogen (secondary N) is 3. The molecule has 0 aliphatic carbocycles. The molecule has 0 saturated carbocycles. The van der Waals surface area contributed by atoms with E-state index in [2.05, 4.69) is 37.5 Å². The first kappa shape index (κ1) is 26.4. The highest BCUT2D eigenvalue weighted by Crippen LogP contribution is 2.37. The Kier molecular flexibility index (Phi) is 8.43. The number of amides is 1. The molecule has 2 aromatic heterocycles. The summed E-state index contributed by atoms with van der Waals surface area (Å²) in [6, 6.07) is 6.43. The minimum Gasteiger partial charge on any atom is -0.475 e. The van der Waals surface area contributed by atoms with Crippen LogP contribution in [-0.4, -0.2) is 41.2 Å². The number of carbonyl (C=O) groups is 1. The molecule has 3 N–H and O–H groups in total. The van der Waals surface area contributed by atoms with Gasteiger partial charge in [0.1, 0.15) is 18.0 Å². The smallest absolute Gasteiger partial charge is 0.421 e. The van der Waals surface area contributed by atoms with Gasteiger partial charge in [0.2, 0.25) is 17.7 Å². The lowest BCUT2D eigenvalue weighted by atomic mass is 10.1. The highest BCUT2D eigenvalue weighted by molar-refractivity contribution is 6.01. The quantitative estimate of drug-likeness (QED) is 0.258. The number of rotatable bonds is 10. The van der Waals surface area contributed by atoms with E-state index in [1.165, 1.54) is 0 Å². The third-order valence-electron chi connectivity index (χ3n) is 4.83. The molecule has 0 spiro atoms. The Bertz CT molecular complexity index is 1250. The Morgan fingerprint density at radius 1 is 1.06 bits per heavy atom. The molecule has 0 aliphatic rings. The SMILES string of the molecule is C=CC(=O)Nc1cc(C)ccc1Nc1nc(Nc2cc(OCCOC)ncc2C)ncc1C(F)(F)F. The van der Waals surface area contributed by atoms with Crippen molar-refractivity contribution in [1.82, 2.24) is 15.0 Å². The van der Waals surface area contributed by atoms with Crippen molar-refractivity contribution in [2.24, 2.45) is 0 Å². The average Bonchev–Trinajstić information content (AvgIpc) is 2.82. The van der Waals surface area contributed by atoms with E-state index in [1.807, 2.05) is 0 Å². The third-order valence-corrected chi connectivity index (χ3v) is 4.83. The van der Waals surface area contributed by atoms with Crippen molar-refractivity contribution < 1.29 is 27.4 Å². The number of aromatic nitrogens is 3. The van der Waals surface area contributed by atoms with E-state index in [9.17, 15) is 18.0 Å². The van der Waals surface area contributed by atoms with Crippen molar-refractivity contribution in [1.29, 1.82) is 0 Å². The van der Waals surface area contributed by atoms with Crippen LogP contribution in [0.25, 0.3) is 0 Å². The lowest BCUT2D eigenvalue weighted by Crippen LogP contribution is -2.14. The van der Waals surface area contributed by atoms with Crippen LogP contribution < -0.4 is 20.7 Å². The summed E-state index contributed by atoms with van der Waals surface area (Å²) in [7, 11) is 1.54. The molecule has 12 heteroatoms. The Hall–Kier alpha value is -4.19. The van der Waals surface area contributed by atoms with Crippen molar-refractivity contribution in [3.05, 3.63) is 66.0 Å². The van der Waals surface area contributed by atoms with Gasteiger partial charge in [0.05, 0.1) is 23.7 Å². The van der Waals surface area contributed by atoms with E-state index in [0.717, 1.165) is 11.6 Å². The van der Waals surface area contributed by atoms with Crippen LogP contribution in [0.3, 0.4) is 0 Å². The van der Waals surface area contributed by atoms with Gasteiger partial charge in [-0.1, -0.05) is 12.6 Å². The Morgan fingerprint density at radius 2 is 1.83 bits per heavy atom. The Morgan fingerprint density at radius 3 is 2.53 bits per heavy atom. The zero-order valence-corrected chi connectivity index (χ0v) is 19.9. The fourth-order valence-corrected chi connectivity index (χ4v) is 2.99. The second kappa shape index (κ2) is 11.5. The lowest BCUT2D eigenvalue weighted by Gasteiger charge is -2.18. The second-order valence-corrected chi connectivity index (χ2v) is 7.62. The van der Waals surface area contributed by atoms with Gasteiger partial charge in [-0.25, -0.2) is 9.97 Å². The van der Waals surface area contributed by atoms with Crippen LogP contribution in [0.5, 0.6) is 5.88 Å². The van der Waals surface area contributed by atoms with Gasteiger partial charge in [0.15, 0.2) is 0 Å². The third kappa shape index (κ3) is 6.92. The van der Waals surface area contributed by atoms with Crippen molar-refractivity contribution in [2.75, 3.05) is 36.3 Å². The molecule has 3 rings (SSSR count). The van der Waals surface area contributed by atoms with E-state index >= 15 is 0 Å². The molecule has 0 atom stereocenters. The van der Waals surface area contributed by atoms with E-state index in [4.69, 9.17) is 9.47 Å². The van der Waals surface area contributed by atoms with Crippen LogP contribution in [-0.2, 0) is 15.7 Å². The Balaban J connectivity index is 1.96. The zero-order valence-electron chi connectivity index (χ0n) is 19.9. The highest BCUT2D eigenvalue weighted by Gasteiger charge is 2.35. The van der Waals surface area contributed by atoms with E-state index in [0.29, 0.717) is 29.9 Å². The van der Waals surface area contributed by atoms with E-state index in [1.54, 1.807) is 51.4 Å². The number of halogens is 3. The molecular formula is C24H25F3N6O3. The summed E-state index contributed by atoms with van der Waals surface area (Å²) >= 11 is 0. The summed E-state index contributed by atoms with van der Waals surface area (Å²) in [6.07, 6.45) is -1.44. The molecule has 36 heavy (non-hydrogen) atoms. The van der Waals surface area contributed by atoms with E-state index < -0.39 is 23.5 Å². The number of aryl methyl sites for hydroxylation is 2. The largest absolute Gasteiger partial charge is 0.475 e. The number of hydrogen-bond donors (Lipinski definition) is 3. The number of anilines is 5. The van der Waals surface area contributed by atoms with Crippen LogP contribution in [0.1, 0.15) is 16.7 Å². The summed E-state index contributed by atoms with van der Waals surface area (Å²) in [5, 5.41) is 8.17. The van der Waals surface area contributed by atoms with Gasteiger partial charge < -0.3 is 25.4 Å². The molecular weight excluding hydrogens is 477 g/mol. The molecule has 190 valence electrons. The number of pyridine rings is 1. The van der Waals surface area contributed by atoms with Crippen LogP contribution in [0.2, 0.25) is 0 Å². The van der Waals surface area contributed by atoms with Crippen molar-refractivity contribution in [3.63, 3.8) is 0 Å². The maximum atomic E-state index is 13.7. The van der Waals surface area contributed by atoms with Gasteiger partial charge in [0, 0.05) is 25.6 Å². The van der Waals surface area contributed by atoms with Gasteiger partial charge in [-0.3, -0.25) is 4.79 Å². The maximum Gasteiger partial charge on any atom is 0.421 e. The fourth-order valence-electron chi connectivity index (χ4n) is 2.99. The van der Waals surface area contributed by atoms with Crippen LogP contribution in [0.15, 0.2) is 49.3 Å². The van der Waals surface area contributed by atoms with Crippen molar-refractivity contribution in [2.45, 2.75) is 20.0 Å². The molecule has 0 saturated heterocycles. The molecule has 1 amide bonds. The van der Waals surface area contributed by atoms with Crippen LogP contribution >= 0.6 is 0 Å². The van der Waals surface area contributed by atoms with Gasteiger partial charge in [-0.2, -0.15) is 18.2 Å². The lowest BCUT2D eigenvalue weighted by molar-refractivity contribution is -0.137. The number of alkyl halides is 3. The number of carbonyl (C=O) groups excluding carboxylic acids is 1. The molecule has 0 fully saturated rings. The predicted molar refractivity (Wildman–Crippen MR) is 130 cm³/mol. The number of nitrogens with zero attached hydrogens (tertiary/aromatic N) is 3. The fraction of sp³-hybridized carbons (Fsp3) is 0.250. The molecule has 2 heterocycles. The predicted octanol–water partition coefficient (Wildman–Crippen LogP) is 5.14. The van der Waals surface area contributed by atoms with Gasteiger partial charge >= 0.3 is 6.18 Å². The molecule has 0 bridgehead atoms. The first-order chi connectivity index (χ1) is 17.1. The highest BCUT2D eigenvalue weighted by atomic mass is 19.4. The molecule has 0 radical (unpaired) electrons. The van der Waals surface area contributed by atoms with Crippen LogP contribution in [0.4, 0.5) is 42.0 Å². The molecule has 0 aliphatic heterocycles. The zero-order chi connectivity index (χ0) is 26.3. The van der Waals surface area contributed by atoms with Crippen molar-refractivity contribution >= 4 is 34.7 Å². The van der Waals surface area contributed by atoms with Gasteiger partial charge in [0.25, 0.3) is 0 Å². The monoisotopic (exact) mass is 502 g/mol. The summed E-state index contributed by atoms with van der Waals surface area (Å²) in [6.45, 7) is 7.58. The van der Waals surface area contributed by atoms with Gasteiger partial charge in [-0.15, -0.1) is 0 Å².